The molecule has 1 fully saturated rings. The summed E-state index contributed by atoms with van der Waals surface area (Å²) >= 11 is 3.29. The van der Waals surface area contributed by atoms with Crippen LogP contribution in [0, 0.1) is 0 Å². The lowest BCUT2D eigenvalue weighted by molar-refractivity contribution is -0.151. The fraction of sp³-hybridized carbons (Fsp3) is 0.348. The third-order valence-corrected chi connectivity index (χ3v) is 5.97. The molecule has 0 saturated carbocycles. The minimum atomic E-state index is -4.48. The molecule has 176 valence electrons. The van der Waals surface area contributed by atoms with Crippen LogP contribution in [0.4, 0.5) is 13.2 Å². The van der Waals surface area contributed by atoms with E-state index < -0.39 is 41.6 Å². The zero-order valence-corrected chi connectivity index (χ0v) is 19.3. The predicted molar refractivity (Wildman–Crippen MR) is 117 cm³/mol. The van der Waals surface area contributed by atoms with E-state index in [2.05, 4.69) is 21.2 Å². The highest BCUT2D eigenvalue weighted by Gasteiger charge is 2.38. The number of carbonyl (C=O) groups is 3. The Morgan fingerprint density at radius 3 is 2.33 bits per heavy atom. The topological polar surface area (TPSA) is 75.7 Å². The van der Waals surface area contributed by atoms with Crippen LogP contribution >= 0.6 is 15.9 Å². The summed E-state index contributed by atoms with van der Waals surface area (Å²) in [7, 11) is 1.23. The Bertz CT molecular complexity index is 1010. The zero-order chi connectivity index (χ0) is 24.2. The largest absolute Gasteiger partial charge is 0.467 e. The highest BCUT2D eigenvalue weighted by Crippen LogP contribution is 2.29. The molecule has 2 atom stereocenters. The summed E-state index contributed by atoms with van der Waals surface area (Å²) in [6.07, 6.45) is -3.48. The maximum atomic E-state index is 13.3. The van der Waals surface area contributed by atoms with Crippen LogP contribution in [-0.2, 0) is 26.9 Å². The van der Waals surface area contributed by atoms with Crippen molar-refractivity contribution in [1.82, 2.24) is 10.2 Å². The number of halogens is 4. The van der Waals surface area contributed by atoms with E-state index >= 15 is 0 Å². The van der Waals surface area contributed by atoms with Gasteiger partial charge < -0.3 is 15.0 Å². The Labute approximate surface area is 197 Å². The van der Waals surface area contributed by atoms with Gasteiger partial charge in [-0.1, -0.05) is 28.1 Å². The summed E-state index contributed by atoms with van der Waals surface area (Å²) in [5, 5.41) is 2.68. The summed E-state index contributed by atoms with van der Waals surface area (Å²) in [6.45, 7) is 0.316. The number of nitrogens with zero attached hydrogens (tertiary/aromatic N) is 1. The predicted octanol–water partition coefficient (Wildman–Crippen LogP) is 3.97. The number of alkyl halides is 3. The van der Waals surface area contributed by atoms with Gasteiger partial charge in [-0.3, -0.25) is 9.59 Å². The highest BCUT2D eigenvalue weighted by molar-refractivity contribution is 9.10. The molecule has 3 rings (SSSR count). The molecule has 1 heterocycles. The minimum absolute atomic E-state index is 0.0381. The number of likely N-dealkylation sites (tertiary alicyclic amines) is 1. The van der Waals surface area contributed by atoms with Crippen LogP contribution in [0.5, 0.6) is 0 Å². The van der Waals surface area contributed by atoms with Crippen LogP contribution in [0.3, 0.4) is 0 Å². The third-order valence-electron chi connectivity index (χ3n) is 5.44. The standard InChI is InChI=1S/C23H22BrF3N2O4/c1-33-22(32)19-3-2-12-29(19)21(31)18(28-20(30)15-6-10-17(24)11-7-15)13-14-4-8-16(9-5-14)23(25,26)27/h4-11,18-19H,2-3,12-13H2,1H3,(H,28,30)/t18-,19-/m0/s1. The van der Waals surface area contributed by atoms with E-state index in [-0.39, 0.29) is 6.42 Å². The normalized spacial score (nSPS) is 16.9. The van der Waals surface area contributed by atoms with Gasteiger partial charge in [-0.15, -0.1) is 0 Å². The number of amides is 2. The molecule has 33 heavy (non-hydrogen) atoms. The quantitative estimate of drug-likeness (QED) is 0.578. The Morgan fingerprint density at radius 1 is 1.12 bits per heavy atom. The molecule has 0 unspecified atom stereocenters. The molecule has 1 saturated heterocycles. The van der Waals surface area contributed by atoms with E-state index in [1.54, 1.807) is 24.3 Å². The van der Waals surface area contributed by atoms with Gasteiger partial charge in [0.25, 0.3) is 5.91 Å². The first-order valence-corrected chi connectivity index (χ1v) is 11.0. The van der Waals surface area contributed by atoms with Gasteiger partial charge in [-0.2, -0.15) is 13.2 Å². The van der Waals surface area contributed by atoms with E-state index in [0.717, 1.165) is 16.6 Å². The molecule has 0 aromatic heterocycles. The first-order valence-electron chi connectivity index (χ1n) is 10.2. The van der Waals surface area contributed by atoms with Crippen molar-refractivity contribution in [1.29, 1.82) is 0 Å². The SMILES string of the molecule is COC(=O)[C@@H]1CCCN1C(=O)[C@H](Cc1ccc(C(F)(F)F)cc1)NC(=O)c1ccc(Br)cc1. The van der Waals surface area contributed by atoms with Crippen molar-refractivity contribution < 1.29 is 32.3 Å². The molecule has 2 aromatic carbocycles. The second-order valence-electron chi connectivity index (χ2n) is 7.64. The molecular weight excluding hydrogens is 505 g/mol. The Morgan fingerprint density at radius 2 is 1.76 bits per heavy atom. The first kappa shape index (κ1) is 24.8. The van der Waals surface area contributed by atoms with Crippen molar-refractivity contribution in [2.45, 2.75) is 37.5 Å². The number of hydrogen-bond acceptors (Lipinski definition) is 4. The molecule has 6 nitrogen and oxygen atoms in total. The number of benzene rings is 2. The van der Waals surface area contributed by atoms with Crippen molar-refractivity contribution in [3.05, 3.63) is 69.7 Å². The van der Waals surface area contributed by atoms with E-state index in [9.17, 15) is 27.6 Å². The lowest BCUT2D eigenvalue weighted by atomic mass is 10.0. The van der Waals surface area contributed by atoms with Crippen LogP contribution in [0.2, 0.25) is 0 Å². The number of hydrogen-bond donors (Lipinski definition) is 1. The van der Waals surface area contributed by atoms with Gasteiger partial charge >= 0.3 is 12.1 Å². The molecule has 2 aromatic rings. The fourth-order valence-corrected chi connectivity index (χ4v) is 3.98. The van der Waals surface area contributed by atoms with Gasteiger partial charge in [0.05, 0.1) is 12.7 Å². The number of esters is 1. The van der Waals surface area contributed by atoms with E-state index in [0.29, 0.717) is 30.5 Å². The van der Waals surface area contributed by atoms with Crippen LogP contribution < -0.4 is 5.32 Å². The third kappa shape index (κ3) is 6.13. The second-order valence-corrected chi connectivity index (χ2v) is 8.56. The maximum Gasteiger partial charge on any atom is 0.416 e. The molecular formula is C23H22BrF3N2O4. The highest BCUT2D eigenvalue weighted by atomic mass is 79.9. The molecule has 2 amide bonds. The van der Waals surface area contributed by atoms with Crippen LogP contribution in [-0.4, -0.2) is 48.4 Å². The number of carbonyl (C=O) groups excluding carboxylic acids is 3. The first-order chi connectivity index (χ1) is 15.6. The zero-order valence-electron chi connectivity index (χ0n) is 17.7. The van der Waals surface area contributed by atoms with Crippen molar-refractivity contribution >= 4 is 33.7 Å². The molecule has 10 heteroatoms. The van der Waals surface area contributed by atoms with E-state index in [1.807, 2.05) is 0 Å². The summed E-state index contributed by atoms with van der Waals surface area (Å²) < 4.78 is 44.2. The van der Waals surface area contributed by atoms with Gasteiger partial charge in [0, 0.05) is 23.0 Å². The van der Waals surface area contributed by atoms with Gasteiger partial charge in [-0.05, 0) is 54.8 Å². The Kier molecular flexibility index (Phi) is 7.78. The smallest absolute Gasteiger partial charge is 0.416 e. The van der Waals surface area contributed by atoms with Crippen molar-refractivity contribution in [3.8, 4) is 0 Å². The Balaban J connectivity index is 1.85. The summed E-state index contributed by atoms with van der Waals surface area (Å²) in [5.41, 5.74) is -0.0565. The number of rotatable bonds is 6. The summed E-state index contributed by atoms with van der Waals surface area (Å²) in [6, 6.07) is 9.07. The van der Waals surface area contributed by atoms with E-state index in [4.69, 9.17) is 4.74 Å². The summed E-state index contributed by atoms with van der Waals surface area (Å²) in [4.78, 5) is 39.6. The maximum absolute atomic E-state index is 13.3. The van der Waals surface area contributed by atoms with E-state index in [1.165, 1.54) is 24.1 Å². The van der Waals surface area contributed by atoms with Crippen molar-refractivity contribution in [3.63, 3.8) is 0 Å². The van der Waals surface area contributed by atoms with Crippen LogP contribution in [0.15, 0.2) is 53.0 Å². The Hall–Kier alpha value is -2.88. The average Bonchev–Trinajstić information content (AvgIpc) is 3.27. The molecule has 0 radical (unpaired) electrons. The number of ether oxygens (including phenoxy) is 1. The molecule has 0 bridgehead atoms. The lowest BCUT2D eigenvalue weighted by Gasteiger charge is -2.28. The fourth-order valence-electron chi connectivity index (χ4n) is 3.72. The van der Waals surface area contributed by atoms with Crippen LogP contribution in [0.25, 0.3) is 0 Å². The number of methoxy groups -OCH3 is 1. The summed E-state index contributed by atoms with van der Waals surface area (Å²) in [5.74, 6) is -1.55. The van der Waals surface area contributed by atoms with Gasteiger partial charge in [-0.25, -0.2) is 4.79 Å². The van der Waals surface area contributed by atoms with Crippen molar-refractivity contribution in [2.24, 2.45) is 0 Å². The monoisotopic (exact) mass is 526 g/mol. The van der Waals surface area contributed by atoms with Crippen molar-refractivity contribution in [2.75, 3.05) is 13.7 Å². The molecule has 1 aliphatic rings. The van der Waals surface area contributed by atoms with Gasteiger partial charge in [0.2, 0.25) is 5.91 Å². The molecule has 1 aliphatic heterocycles. The minimum Gasteiger partial charge on any atom is -0.467 e. The second kappa shape index (κ2) is 10.4. The molecule has 0 aliphatic carbocycles. The molecule has 1 N–H and O–H groups in total. The van der Waals surface area contributed by atoms with Gasteiger partial charge in [0.1, 0.15) is 12.1 Å². The lowest BCUT2D eigenvalue weighted by Crippen LogP contribution is -2.52. The van der Waals surface area contributed by atoms with Gasteiger partial charge in [0.15, 0.2) is 0 Å². The van der Waals surface area contributed by atoms with Crippen LogP contribution in [0.1, 0.15) is 34.3 Å². The average molecular weight is 527 g/mol. The number of nitrogens with one attached hydrogen (secondary N) is 1. The molecule has 0 spiro atoms.